The number of amides is 3. The highest BCUT2D eigenvalue weighted by atomic mass is 35.5. The second-order valence-corrected chi connectivity index (χ2v) is 6.45. The molecule has 25 heavy (non-hydrogen) atoms. The van der Waals surface area contributed by atoms with Crippen LogP contribution in [0.1, 0.15) is 38.2 Å². The molecular formula is C17H22ClN5O2. The Hall–Kier alpha value is -2.54. The molecule has 134 valence electrons. The number of anilines is 3. The highest BCUT2D eigenvalue weighted by Gasteiger charge is 2.16. The fraction of sp³-hybridized carbons (Fsp3) is 0.353. The topological polar surface area (TPSA) is 88.1 Å². The average molecular weight is 364 g/mol. The zero-order valence-corrected chi connectivity index (χ0v) is 15.7. The molecule has 0 aliphatic rings. The molecule has 1 aromatic carbocycles. The van der Waals surface area contributed by atoms with Crippen LogP contribution in [0.4, 0.5) is 21.9 Å². The number of hydrogen-bond acceptors (Lipinski definition) is 3. The van der Waals surface area contributed by atoms with Gasteiger partial charge in [0.25, 0.3) is 0 Å². The van der Waals surface area contributed by atoms with Crippen molar-refractivity contribution >= 4 is 40.6 Å². The standard InChI is InChI=1S/C17H22ClN5O2/c1-9(2)23-11(4)16(10(3)22-23)21-17(25)20-13-6-7-15(14(18)8-13)19-12(5)24/h6-9H,1-5H3,(H,19,24)(H2,20,21,25). The molecule has 3 amide bonds. The zero-order valence-electron chi connectivity index (χ0n) is 14.9. The summed E-state index contributed by atoms with van der Waals surface area (Å²) in [5, 5.41) is 12.9. The van der Waals surface area contributed by atoms with E-state index in [-0.39, 0.29) is 11.9 Å². The van der Waals surface area contributed by atoms with Crippen molar-refractivity contribution in [1.82, 2.24) is 9.78 Å². The van der Waals surface area contributed by atoms with Crippen LogP contribution >= 0.6 is 11.6 Å². The van der Waals surface area contributed by atoms with Crippen molar-refractivity contribution in [2.45, 2.75) is 40.7 Å². The van der Waals surface area contributed by atoms with Crippen molar-refractivity contribution in [2.75, 3.05) is 16.0 Å². The molecule has 3 N–H and O–H groups in total. The summed E-state index contributed by atoms with van der Waals surface area (Å²) in [6.07, 6.45) is 0. The summed E-state index contributed by atoms with van der Waals surface area (Å²) in [5.41, 5.74) is 3.34. The van der Waals surface area contributed by atoms with Gasteiger partial charge in [0, 0.05) is 18.7 Å². The molecule has 0 radical (unpaired) electrons. The molecule has 0 unspecified atom stereocenters. The van der Waals surface area contributed by atoms with E-state index in [2.05, 4.69) is 21.0 Å². The van der Waals surface area contributed by atoms with Crippen LogP contribution < -0.4 is 16.0 Å². The first kappa shape index (κ1) is 18.8. The first-order chi connectivity index (χ1) is 11.7. The maximum atomic E-state index is 12.3. The average Bonchev–Trinajstić information content (AvgIpc) is 2.78. The lowest BCUT2D eigenvalue weighted by molar-refractivity contribution is -0.114. The van der Waals surface area contributed by atoms with Gasteiger partial charge in [-0.25, -0.2) is 4.79 Å². The minimum absolute atomic E-state index is 0.206. The lowest BCUT2D eigenvalue weighted by Crippen LogP contribution is -2.20. The summed E-state index contributed by atoms with van der Waals surface area (Å²) in [5.74, 6) is -0.214. The number of halogens is 1. The number of hydrogen-bond donors (Lipinski definition) is 3. The van der Waals surface area contributed by atoms with E-state index in [1.54, 1.807) is 18.2 Å². The third-order valence-electron chi connectivity index (χ3n) is 3.59. The van der Waals surface area contributed by atoms with Gasteiger partial charge in [-0.15, -0.1) is 0 Å². The Morgan fingerprint density at radius 2 is 1.84 bits per heavy atom. The van der Waals surface area contributed by atoms with Crippen LogP contribution in [0.15, 0.2) is 18.2 Å². The van der Waals surface area contributed by atoms with Gasteiger partial charge in [0.1, 0.15) is 0 Å². The fourth-order valence-electron chi connectivity index (χ4n) is 2.51. The predicted molar refractivity (Wildman–Crippen MR) is 100 cm³/mol. The van der Waals surface area contributed by atoms with Gasteiger partial charge < -0.3 is 16.0 Å². The summed E-state index contributed by atoms with van der Waals surface area (Å²) in [6.45, 7) is 9.22. The fourth-order valence-corrected chi connectivity index (χ4v) is 2.73. The molecule has 8 heteroatoms. The van der Waals surface area contributed by atoms with Gasteiger partial charge >= 0.3 is 6.03 Å². The van der Waals surface area contributed by atoms with Gasteiger partial charge in [-0.1, -0.05) is 11.6 Å². The molecule has 0 saturated heterocycles. The second kappa shape index (κ2) is 7.57. The van der Waals surface area contributed by atoms with Crippen molar-refractivity contribution < 1.29 is 9.59 Å². The van der Waals surface area contributed by atoms with Crippen LogP contribution in [0.25, 0.3) is 0 Å². The summed E-state index contributed by atoms with van der Waals surface area (Å²) in [4.78, 5) is 23.4. The molecule has 0 spiro atoms. The van der Waals surface area contributed by atoms with E-state index < -0.39 is 6.03 Å². The number of rotatable bonds is 4. The Bertz CT molecular complexity index is 814. The first-order valence-electron chi connectivity index (χ1n) is 7.90. The van der Waals surface area contributed by atoms with Gasteiger partial charge in [0.15, 0.2) is 0 Å². The zero-order chi connectivity index (χ0) is 18.7. The number of nitrogens with one attached hydrogen (secondary N) is 3. The Morgan fingerprint density at radius 3 is 2.36 bits per heavy atom. The normalized spacial score (nSPS) is 10.7. The number of benzene rings is 1. The predicted octanol–water partition coefficient (Wildman–Crippen LogP) is 4.34. The Kier molecular flexibility index (Phi) is 5.69. The van der Waals surface area contributed by atoms with Crippen molar-refractivity contribution in [3.63, 3.8) is 0 Å². The van der Waals surface area contributed by atoms with Crippen LogP contribution in [0, 0.1) is 13.8 Å². The van der Waals surface area contributed by atoms with E-state index in [1.165, 1.54) is 6.92 Å². The molecule has 0 saturated carbocycles. The second-order valence-electron chi connectivity index (χ2n) is 6.04. The lowest BCUT2D eigenvalue weighted by Gasteiger charge is -2.11. The molecule has 0 bridgehead atoms. The number of urea groups is 1. The number of carbonyl (C=O) groups excluding carboxylic acids is 2. The van der Waals surface area contributed by atoms with Crippen molar-refractivity contribution in [3.8, 4) is 0 Å². The molecule has 1 heterocycles. The Labute approximate surface area is 151 Å². The van der Waals surface area contributed by atoms with Gasteiger partial charge in [-0.2, -0.15) is 5.10 Å². The van der Waals surface area contributed by atoms with Gasteiger partial charge in [-0.05, 0) is 45.9 Å². The Morgan fingerprint density at radius 1 is 1.16 bits per heavy atom. The summed E-state index contributed by atoms with van der Waals surface area (Å²) >= 11 is 6.11. The number of aromatic nitrogens is 2. The van der Waals surface area contributed by atoms with Crippen LogP contribution in [0.3, 0.4) is 0 Å². The van der Waals surface area contributed by atoms with E-state index in [9.17, 15) is 9.59 Å². The summed E-state index contributed by atoms with van der Waals surface area (Å²) in [7, 11) is 0. The van der Waals surface area contributed by atoms with E-state index in [4.69, 9.17) is 11.6 Å². The molecule has 0 fully saturated rings. The minimum Gasteiger partial charge on any atom is -0.325 e. The van der Waals surface area contributed by atoms with E-state index in [0.29, 0.717) is 22.1 Å². The lowest BCUT2D eigenvalue weighted by atomic mass is 10.2. The molecule has 7 nitrogen and oxygen atoms in total. The highest BCUT2D eigenvalue weighted by Crippen LogP contribution is 2.26. The van der Waals surface area contributed by atoms with E-state index >= 15 is 0 Å². The van der Waals surface area contributed by atoms with E-state index in [0.717, 1.165) is 11.4 Å². The first-order valence-corrected chi connectivity index (χ1v) is 8.27. The van der Waals surface area contributed by atoms with Gasteiger partial charge in [-0.3, -0.25) is 9.48 Å². The molecular weight excluding hydrogens is 342 g/mol. The van der Waals surface area contributed by atoms with E-state index in [1.807, 2.05) is 32.4 Å². The third kappa shape index (κ3) is 4.51. The molecule has 1 aromatic heterocycles. The Balaban J connectivity index is 2.11. The molecule has 2 rings (SSSR count). The summed E-state index contributed by atoms with van der Waals surface area (Å²) < 4.78 is 1.87. The highest BCUT2D eigenvalue weighted by molar-refractivity contribution is 6.34. The molecule has 0 aliphatic heterocycles. The minimum atomic E-state index is -0.391. The molecule has 0 aliphatic carbocycles. The smallest absolute Gasteiger partial charge is 0.323 e. The van der Waals surface area contributed by atoms with Crippen LogP contribution in [-0.4, -0.2) is 21.7 Å². The van der Waals surface area contributed by atoms with Gasteiger partial charge in [0.05, 0.1) is 27.8 Å². The van der Waals surface area contributed by atoms with Crippen molar-refractivity contribution in [1.29, 1.82) is 0 Å². The SMILES string of the molecule is CC(=O)Nc1ccc(NC(=O)Nc2c(C)nn(C(C)C)c2C)cc1Cl. The van der Waals surface area contributed by atoms with Crippen molar-refractivity contribution in [3.05, 3.63) is 34.6 Å². The third-order valence-corrected chi connectivity index (χ3v) is 3.90. The van der Waals surface area contributed by atoms with Gasteiger partial charge in [0.2, 0.25) is 5.91 Å². The quantitative estimate of drug-likeness (QED) is 0.755. The molecule has 2 aromatic rings. The molecule has 0 atom stereocenters. The van der Waals surface area contributed by atoms with Crippen LogP contribution in [-0.2, 0) is 4.79 Å². The largest absolute Gasteiger partial charge is 0.325 e. The number of nitrogens with zero attached hydrogens (tertiary/aromatic N) is 2. The van der Waals surface area contributed by atoms with Crippen LogP contribution in [0.5, 0.6) is 0 Å². The maximum Gasteiger partial charge on any atom is 0.323 e. The monoisotopic (exact) mass is 363 g/mol. The number of aryl methyl sites for hydroxylation is 1. The number of carbonyl (C=O) groups is 2. The van der Waals surface area contributed by atoms with Crippen molar-refractivity contribution in [2.24, 2.45) is 0 Å². The van der Waals surface area contributed by atoms with Crippen LogP contribution in [0.2, 0.25) is 5.02 Å². The summed E-state index contributed by atoms with van der Waals surface area (Å²) in [6, 6.07) is 4.68. The maximum absolute atomic E-state index is 12.3.